The highest BCUT2D eigenvalue weighted by atomic mass is 79.9. The number of aromatic nitrogens is 2. The summed E-state index contributed by atoms with van der Waals surface area (Å²) in [6.07, 6.45) is 1.75. The van der Waals surface area contributed by atoms with Crippen LogP contribution in [0.1, 0.15) is 5.69 Å². The second kappa shape index (κ2) is 5.72. The predicted molar refractivity (Wildman–Crippen MR) is 78.1 cm³/mol. The Balaban J connectivity index is 2.35. The van der Waals surface area contributed by atoms with E-state index in [0.29, 0.717) is 10.2 Å². The average molecular weight is 381 g/mol. The van der Waals surface area contributed by atoms with E-state index in [9.17, 15) is 8.42 Å². The van der Waals surface area contributed by atoms with Gasteiger partial charge in [0.2, 0.25) is 10.0 Å². The van der Waals surface area contributed by atoms with Gasteiger partial charge in [-0.05, 0) is 18.2 Å². The lowest BCUT2D eigenvalue weighted by atomic mass is 10.3. The third-order valence-electron chi connectivity index (χ3n) is 2.41. The summed E-state index contributed by atoms with van der Waals surface area (Å²) in [6.45, 7) is 0.0880. The number of primary sulfonamides is 1. The maximum absolute atomic E-state index is 11.6. The molecular weight excluding hydrogens is 370 g/mol. The van der Waals surface area contributed by atoms with Gasteiger partial charge in [0, 0.05) is 17.7 Å². The number of ether oxygens (including phenoxy) is 1. The van der Waals surface area contributed by atoms with Crippen molar-refractivity contribution in [3.63, 3.8) is 0 Å². The lowest BCUT2D eigenvalue weighted by molar-refractivity contribution is 0.292. The van der Waals surface area contributed by atoms with Gasteiger partial charge >= 0.3 is 0 Å². The first-order valence-electron chi connectivity index (χ1n) is 5.40. The van der Waals surface area contributed by atoms with Crippen LogP contribution in [0.3, 0.4) is 0 Å². The zero-order chi connectivity index (χ0) is 14.9. The number of nitrogens with zero attached hydrogens (tertiary/aromatic N) is 2. The molecule has 1 aromatic carbocycles. The fraction of sp³-hybridized carbons (Fsp3) is 0.182. The van der Waals surface area contributed by atoms with Crippen LogP contribution in [-0.2, 0) is 23.7 Å². The van der Waals surface area contributed by atoms with E-state index in [1.807, 2.05) is 0 Å². The van der Waals surface area contributed by atoms with E-state index in [0.717, 1.165) is 0 Å². The number of sulfonamides is 1. The van der Waals surface area contributed by atoms with Crippen molar-refractivity contribution in [2.24, 2.45) is 12.2 Å². The van der Waals surface area contributed by atoms with Crippen LogP contribution in [0.4, 0.5) is 0 Å². The van der Waals surface area contributed by atoms with Crippen LogP contribution in [0, 0.1) is 0 Å². The predicted octanol–water partition coefficient (Wildman–Crippen LogP) is 2.06. The Kier molecular flexibility index (Phi) is 4.38. The topological polar surface area (TPSA) is 87.2 Å². The molecule has 2 N–H and O–H groups in total. The zero-order valence-electron chi connectivity index (χ0n) is 10.4. The molecule has 0 atom stereocenters. The molecule has 0 unspecified atom stereocenters. The summed E-state index contributed by atoms with van der Waals surface area (Å²) in [4.78, 5) is -0.173. The van der Waals surface area contributed by atoms with Gasteiger partial charge in [-0.1, -0.05) is 27.5 Å². The molecule has 0 fully saturated rings. The quantitative estimate of drug-likeness (QED) is 0.879. The summed E-state index contributed by atoms with van der Waals surface area (Å²) in [5.41, 5.74) is 0.645. The van der Waals surface area contributed by atoms with Gasteiger partial charge in [0.1, 0.15) is 11.5 Å². The lowest BCUT2D eigenvalue weighted by Crippen LogP contribution is -2.14. The summed E-state index contributed by atoms with van der Waals surface area (Å²) >= 11 is 9.17. The fourth-order valence-corrected chi connectivity index (χ4v) is 3.36. The first-order chi connectivity index (χ1) is 9.27. The molecule has 0 saturated heterocycles. The van der Waals surface area contributed by atoms with Crippen LogP contribution >= 0.6 is 27.5 Å². The van der Waals surface area contributed by atoms with Crippen LogP contribution in [0.5, 0.6) is 5.75 Å². The van der Waals surface area contributed by atoms with Crippen molar-refractivity contribution in [1.82, 2.24) is 9.78 Å². The SMILES string of the molecule is Cn1ccc(COc2c(Cl)cc(Br)cc2S(N)(=O)=O)n1. The van der Waals surface area contributed by atoms with Gasteiger partial charge in [0.05, 0.1) is 10.7 Å². The maximum Gasteiger partial charge on any atom is 0.241 e. The number of hydrogen-bond acceptors (Lipinski definition) is 4. The molecule has 0 aliphatic rings. The third kappa shape index (κ3) is 3.51. The molecule has 0 radical (unpaired) electrons. The standard InChI is InChI=1S/C11H11BrClN3O3S/c1-16-3-2-8(15-16)6-19-11-9(13)4-7(12)5-10(11)20(14,17)18/h2-5H,6H2,1H3,(H2,14,17,18). The van der Waals surface area contributed by atoms with Gasteiger partial charge < -0.3 is 4.74 Å². The zero-order valence-corrected chi connectivity index (χ0v) is 13.5. The molecular formula is C11H11BrClN3O3S. The Morgan fingerprint density at radius 1 is 1.50 bits per heavy atom. The molecule has 2 rings (SSSR count). The molecule has 108 valence electrons. The summed E-state index contributed by atoms with van der Waals surface area (Å²) in [5, 5.41) is 9.44. The fourth-order valence-electron chi connectivity index (χ4n) is 1.57. The van der Waals surface area contributed by atoms with Gasteiger partial charge in [0.15, 0.2) is 5.75 Å². The van der Waals surface area contributed by atoms with E-state index in [-0.39, 0.29) is 22.3 Å². The smallest absolute Gasteiger partial charge is 0.241 e. The maximum atomic E-state index is 11.6. The molecule has 0 saturated carbocycles. The lowest BCUT2D eigenvalue weighted by Gasteiger charge is -2.11. The molecule has 0 spiro atoms. The Morgan fingerprint density at radius 3 is 2.75 bits per heavy atom. The first-order valence-corrected chi connectivity index (χ1v) is 8.12. The molecule has 0 amide bonds. The van der Waals surface area contributed by atoms with Gasteiger partial charge in [-0.25, -0.2) is 13.6 Å². The molecule has 1 aromatic heterocycles. The van der Waals surface area contributed by atoms with E-state index < -0.39 is 10.0 Å². The highest BCUT2D eigenvalue weighted by molar-refractivity contribution is 9.10. The minimum atomic E-state index is -3.94. The Labute approximate surface area is 129 Å². The van der Waals surface area contributed by atoms with E-state index >= 15 is 0 Å². The van der Waals surface area contributed by atoms with E-state index in [1.54, 1.807) is 24.0 Å². The molecule has 0 aliphatic carbocycles. The number of rotatable bonds is 4. The van der Waals surface area contributed by atoms with Crippen molar-refractivity contribution < 1.29 is 13.2 Å². The highest BCUT2D eigenvalue weighted by Crippen LogP contribution is 2.35. The largest absolute Gasteiger partial charge is 0.484 e. The highest BCUT2D eigenvalue weighted by Gasteiger charge is 2.20. The molecule has 6 nitrogen and oxygen atoms in total. The summed E-state index contributed by atoms with van der Waals surface area (Å²) < 4.78 is 30.7. The molecule has 20 heavy (non-hydrogen) atoms. The number of nitrogens with two attached hydrogens (primary N) is 1. The monoisotopic (exact) mass is 379 g/mol. The Hall–Kier alpha value is -1.09. The molecule has 2 aromatic rings. The number of hydrogen-bond donors (Lipinski definition) is 1. The van der Waals surface area contributed by atoms with Gasteiger partial charge in [-0.15, -0.1) is 0 Å². The van der Waals surface area contributed by atoms with Gasteiger partial charge in [-0.3, -0.25) is 4.68 Å². The van der Waals surface area contributed by atoms with Gasteiger partial charge in [0.25, 0.3) is 0 Å². The van der Waals surface area contributed by atoms with Crippen LogP contribution in [-0.4, -0.2) is 18.2 Å². The minimum Gasteiger partial charge on any atom is -0.484 e. The van der Waals surface area contributed by atoms with Crippen molar-refractivity contribution >= 4 is 37.6 Å². The van der Waals surface area contributed by atoms with E-state index in [1.165, 1.54) is 12.1 Å². The molecule has 1 heterocycles. The summed E-state index contributed by atoms with van der Waals surface area (Å²) in [5.74, 6) is 0.0167. The normalized spacial score (nSPS) is 11.6. The number of halogens is 2. The van der Waals surface area contributed by atoms with E-state index in [2.05, 4.69) is 21.0 Å². The first kappa shape index (κ1) is 15.3. The third-order valence-corrected chi connectivity index (χ3v) is 4.07. The molecule has 9 heteroatoms. The summed E-state index contributed by atoms with van der Waals surface area (Å²) in [6, 6.07) is 4.63. The second-order valence-corrected chi connectivity index (χ2v) is 6.88. The van der Waals surface area contributed by atoms with Crippen molar-refractivity contribution in [2.45, 2.75) is 11.5 Å². The minimum absolute atomic E-state index is 0.0167. The van der Waals surface area contributed by atoms with E-state index in [4.69, 9.17) is 21.5 Å². The second-order valence-electron chi connectivity index (χ2n) is 4.03. The number of aryl methyl sites for hydroxylation is 1. The Bertz CT molecular complexity index is 745. The summed E-state index contributed by atoms with van der Waals surface area (Å²) in [7, 11) is -2.17. The van der Waals surface area contributed by atoms with Gasteiger partial charge in [-0.2, -0.15) is 5.10 Å². The van der Waals surface area contributed by atoms with Crippen LogP contribution in [0.15, 0.2) is 33.8 Å². The number of benzene rings is 1. The van der Waals surface area contributed by atoms with Crippen LogP contribution < -0.4 is 9.88 Å². The van der Waals surface area contributed by atoms with Crippen LogP contribution in [0.2, 0.25) is 5.02 Å². The van der Waals surface area contributed by atoms with Crippen molar-refractivity contribution in [1.29, 1.82) is 0 Å². The molecule has 0 bridgehead atoms. The van der Waals surface area contributed by atoms with Crippen molar-refractivity contribution in [2.75, 3.05) is 0 Å². The molecule has 0 aliphatic heterocycles. The van der Waals surface area contributed by atoms with Crippen LogP contribution in [0.25, 0.3) is 0 Å². The average Bonchev–Trinajstić information content (AvgIpc) is 2.72. The van der Waals surface area contributed by atoms with Crippen molar-refractivity contribution in [3.8, 4) is 5.75 Å². The Morgan fingerprint density at radius 2 is 2.20 bits per heavy atom. The van der Waals surface area contributed by atoms with Crippen molar-refractivity contribution in [3.05, 3.63) is 39.6 Å².